The van der Waals surface area contributed by atoms with E-state index in [0.29, 0.717) is 50.8 Å². The summed E-state index contributed by atoms with van der Waals surface area (Å²) in [4.78, 5) is 20.8. The zero-order valence-corrected chi connectivity index (χ0v) is 22.0. The van der Waals surface area contributed by atoms with Crippen LogP contribution in [-0.4, -0.2) is 22.3 Å². The Kier molecular flexibility index (Phi) is 6.42. The molecule has 9 heteroatoms. The number of thiophene rings is 1. The highest BCUT2D eigenvalue weighted by atomic mass is 35.5. The molecule has 0 spiro atoms. The van der Waals surface area contributed by atoms with Crippen molar-refractivity contribution in [3.8, 4) is 11.4 Å². The summed E-state index contributed by atoms with van der Waals surface area (Å²) in [7, 11) is 1.60. The Balaban J connectivity index is 1.69. The van der Waals surface area contributed by atoms with Crippen molar-refractivity contribution in [3.63, 3.8) is 0 Å². The van der Waals surface area contributed by atoms with Crippen LogP contribution in [0.15, 0.2) is 52.4 Å². The molecule has 1 aliphatic heterocycles. The van der Waals surface area contributed by atoms with E-state index < -0.39 is 0 Å². The second-order valence-electron chi connectivity index (χ2n) is 8.65. The molecule has 0 saturated heterocycles. The van der Waals surface area contributed by atoms with E-state index in [2.05, 4.69) is 0 Å². The van der Waals surface area contributed by atoms with E-state index in [-0.39, 0.29) is 11.2 Å². The Bertz CT molecular complexity index is 1460. The molecule has 2 aromatic carbocycles. The maximum absolute atomic E-state index is 14.1. The molecule has 0 unspecified atom stereocenters. The highest BCUT2D eigenvalue weighted by Gasteiger charge is 2.31. The van der Waals surface area contributed by atoms with Crippen LogP contribution in [0.4, 0.5) is 0 Å². The van der Waals surface area contributed by atoms with Gasteiger partial charge in [-0.1, -0.05) is 53.2 Å². The number of fused-ring (bicyclic) bond motifs is 3. The summed E-state index contributed by atoms with van der Waals surface area (Å²) in [5.41, 5.74) is 2.26. The smallest absolute Gasteiger partial charge is 0.267 e. The Hall–Kier alpha value is -2.03. The maximum Gasteiger partial charge on any atom is 0.267 e. The minimum atomic E-state index is -0.329. The van der Waals surface area contributed by atoms with Crippen LogP contribution in [0.3, 0.4) is 0 Å². The Morgan fingerprint density at radius 1 is 1.21 bits per heavy atom. The molecule has 0 bridgehead atoms. The minimum absolute atomic E-state index is 0.0960. The van der Waals surface area contributed by atoms with Crippen molar-refractivity contribution in [1.82, 2.24) is 9.55 Å². The van der Waals surface area contributed by atoms with Gasteiger partial charge < -0.3 is 9.47 Å². The Morgan fingerprint density at radius 3 is 2.76 bits per heavy atom. The van der Waals surface area contributed by atoms with Crippen molar-refractivity contribution in [3.05, 3.63) is 78.9 Å². The third-order valence-electron chi connectivity index (χ3n) is 5.75. The fourth-order valence-corrected chi connectivity index (χ4v) is 6.49. The summed E-state index contributed by atoms with van der Waals surface area (Å²) in [5.74, 6) is 1.18. The molecule has 0 atom stereocenters. The van der Waals surface area contributed by atoms with Crippen LogP contribution < -0.4 is 10.3 Å². The number of halogens is 2. The van der Waals surface area contributed by atoms with Gasteiger partial charge in [0.2, 0.25) is 0 Å². The van der Waals surface area contributed by atoms with Crippen LogP contribution in [0, 0.1) is 0 Å². The van der Waals surface area contributed by atoms with Crippen LogP contribution >= 0.6 is 46.3 Å². The van der Waals surface area contributed by atoms with Crippen LogP contribution in [0.2, 0.25) is 10.0 Å². The van der Waals surface area contributed by atoms with E-state index >= 15 is 0 Å². The number of rotatable bonds is 5. The molecule has 0 radical (unpaired) electrons. The van der Waals surface area contributed by atoms with Gasteiger partial charge >= 0.3 is 0 Å². The fourth-order valence-electron chi connectivity index (χ4n) is 4.07. The van der Waals surface area contributed by atoms with Crippen molar-refractivity contribution < 1.29 is 9.47 Å². The number of methoxy groups -OCH3 is 1. The molecule has 0 amide bonds. The van der Waals surface area contributed by atoms with Gasteiger partial charge in [-0.3, -0.25) is 9.36 Å². The quantitative estimate of drug-likeness (QED) is 0.206. The van der Waals surface area contributed by atoms with Gasteiger partial charge in [0.15, 0.2) is 5.16 Å². The topological polar surface area (TPSA) is 53.4 Å². The summed E-state index contributed by atoms with van der Waals surface area (Å²) in [6.07, 6.45) is 0.668. The zero-order valence-electron chi connectivity index (χ0n) is 18.9. The van der Waals surface area contributed by atoms with E-state index in [9.17, 15) is 4.79 Å². The van der Waals surface area contributed by atoms with Gasteiger partial charge in [0, 0.05) is 17.1 Å². The summed E-state index contributed by atoms with van der Waals surface area (Å²) in [6, 6.07) is 13.0. The first kappa shape index (κ1) is 23.7. The second kappa shape index (κ2) is 9.21. The molecular weight excluding hydrogens is 511 g/mol. The lowest BCUT2D eigenvalue weighted by Gasteiger charge is -2.30. The lowest BCUT2D eigenvalue weighted by molar-refractivity contribution is -0.0379. The molecule has 0 N–H and O–H groups in total. The molecular formula is C25H22Cl2N2O3S2. The summed E-state index contributed by atoms with van der Waals surface area (Å²) in [6.45, 7) is 4.59. The molecule has 3 heterocycles. The Labute approximate surface area is 215 Å². The van der Waals surface area contributed by atoms with Crippen LogP contribution in [0.5, 0.6) is 5.75 Å². The minimum Gasteiger partial charge on any atom is -0.495 e. The van der Waals surface area contributed by atoms with Gasteiger partial charge in [0.25, 0.3) is 5.56 Å². The molecule has 4 aromatic rings. The standard InChI is InChI=1S/C25H22Cl2N2O3S2/c1-25(2)11-15-20(12-32-25)34-22-21(15)23(30)29(18-6-4-5-7-19(18)31-3)24(28-22)33-13-14-8-9-16(26)17(27)10-14/h4-10H,11-13H2,1-3H3. The molecule has 34 heavy (non-hydrogen) atoms. The molecule has 2 aromatic heterocycles. The molecule has 0 aliphatic carbocycles. The molecule has 1 aliphatic rings. The van der Waals surface area contributed by atoms with E-state index in [0.717, 1.165) is 20.8 Å². The van der Waals surface area contributed by atoms with Crippen LogP contribution in [0.25, 0.3) is 15.9 Å². The van der Waals surface area contributed by atoms with E-state index in [1.807, 2.05) is 50.2 Å². The predicted molar refractivity (Wildman–Crippen MR) is 140 cm³/mol. The number of nitrogens with zero attached hydrogens (tertiary/aromatic N) is 2. The summed E-state index contributed by atoms with van der Waals surface area (Å²) < 4.78 is 13.3. The average molecular weight is 534 g/mol. The SMILES string of the molecule is COc1ccccc1-n1c(SCc2ccc(Cl)c(Cl)c2)nc2sc3c(c2c1=O)CC(C)(C)OC3. The van der Waals surface area contributed by atoms with Crippen molar-refractivity contribution in [1.29, 1.82) is 0 Å². The second-order valence-corrected chi connectivity index (χ2v) is 11.5. The first-order valence-electron chi connectivity index (χ1n) is 10.7. The van der Waals surface area contributed by atoms with Crippen molar-refractivity contribution in [2.75, 3.05) is 7.11 Å². The summed E-state index contributed by atoms with van der Waals surface area (Å²) >= 11 is 15.3. The molecule has 5 nitrogen and oxygen atoms in total. The van der Waals surface area contributed by atoms with Gasteiger partial charge in [0.05, 0.1) is 40.4 Å². The van der Waals surface area contributed by atoms with E-state index in [1.54, 1.807) is 17.7 Å². The number of hydrogen-bond donors (Lipinski definition) is 0. The van der Waals surface area contributed by atoms with Crippen molar-refractivity contribution >= 4 is 56.5 Å². The normalized spacial score (nSPS) is 14.9. The van der Waals surface area contributed by atoms with E-state index in [1.165, 1.54) is 23.1 Å². The predicted octanol–water partition coefficient (Wildman–Crippen LogP) is 6.91. The highest BCUT2D eigenvalue weighted by Crippen LogP contribution is 2.39. The summed E-state index contributed by atoms with van der Waals surface area (Å²) in [5, 5.41) is 2.27. The first-order valence-corrected chi connectivity index (χ1v) is 13.2. The lowest BCUT2D eigenvalue weighted by atomic mass is 9.94. The number of ether oxygens (including phenoxy) is 2. The number of para-hydroxylation sites is 2. The number of benzene rings is 2. The van der Waals surface area contributed by atoms with Gasteiger partial charge in [-0.15, -0.1) is 11.3 Å². The number of thioether (sulfide) groups is 1. The van der Waals surface area contributed by atoms with E-state index in [4.69, 9.17) is 37.7 Å². The molecule has 0 fully saturated rings. The third kappa shape index (κ3) is 4.36. The Morgan fingerprint density at radius 2 is 2.00 bits per heavy atom. The van der Waals surface area contributed by atoms with Gasteiger partial charge in [0.1, 0.15) is 10.6 Å². The van der Waals surface area contributed by atoms with Crippen molar-refractivity contribution in [2.45, 2.75) is 43.4 Å². The first-order chi connectivity index (χ1) is 16.3. The number of hydrogen-bond acceptors (Lipinski definition) is 6. The number of aromatic nitrogens is 2. The third-order valence-corrected chi connectivity index (χ3v) is 8.60. The van der Waals surface area contributed by atoms with Gasteiger partial charge in [-0.05, 0) is 49.2 Å². The molecule has 176 valence electrons. The lowest BCUT2D eigenvalue weighted by Crippen LogP contribution is -2.32. The zero-order chi connectivity index (χ0) is 24.0. The van der Waals surface area contributed by atoms with Gasteiger partial charge in [-0.25, -0.2) is 4.98 Å². The monoisotopic (exact) mass is 532 g/mol. The fraction of sp³-hybridized carbons (Fsp3) is 0.280. The average Bonchev–Trinajstić information content (AvgIpc) is 3.16. The molecule has 0 saturated carbocycles. The van der Waals surface area contributed by atoms with Crippen LogP contribution in [0.1, 0.15) is 29.9 Å². The van der Waals surface area contributed by atoms with Crippen molar-refractivity contribution in [2.24, 2.45) is 0 Å². The maximum atomic E-state index is 14.1. The van der Waals surface area contributed by atoms with Gasteiger partial charge in [-0.2, -0.15) is 0 Å². The largest absolute Gasteiger partial charge is 0.495 e. The van der Waals surface area contributed by atoms with Crippen LogP contribution in [-0.2, 0) is 23.5 Å². The molecule has 5 rings (SSSR count). The highest BCUT2D eigenvalue weighted by molar-refractivity contribution is 7.98.